The molecule has 2 aromatic carbocycles. The summed E-state index contributed by atoms with van der Waals surface area (Å²) in [5.41, 5.74) is 1.69. The average Bonchev–Trinajstić information content (AvgIpc) is 2.80. The van der Waals surface area contributed by atoms with Gasteiger partial charge in [0.1, 0.15) is 5.75 Å². The first-order valence-electron chi connectivity index (χ1n) is 11.0. The van der Waals surface area contributed by atoms with Crippen LogP contribution >= 0.6 is 11.6 Å². The molecule has 162 valence electrons. The Balaban J connectivity index is 1.30. The van der Waals surface area contributed by atoms with Gasteiger partial charge in [-0.05, 0) is 80.5 Å². The lowest BCUT2D eigenvalue weighted by atomic mass is 9.81. The lowest BCUT2D eigenvalue weighted by molar-refractivity contribution is 0.119. The smallest absolute Gasteiger partial charge is 0.319 e. The molecule has 0 radical (unpaired) electrons. The van der Waals surface area contributed by atoms with E-state index in [1.807, 2.05) is 24.3 Å². The zero-order chi connectivity index (χ0) is 21.6. The minimum Gasteiger partial charge on any atom is -0.490 e. The van der Waals surface area contributed by atoms with E-state index in [9.17, 15) is 4.79 Å². The fraction of sp³-hybridized carbons (Fsp3) is 0.360. The predicted molar refractivity (Wildman–Crippen MR) is 126 cm³/mol. The van der Waals surface area contributed by atoms with Crippen LogP contribution in [0.4, 0.5) is 10.5 Å². The van der Waals surface area contributed by atoms with Gasteiger partial charge in [-0.15, -0.1) is 0 Å². The topological polar surface area (TPSA) is 63.2 Å². The number of carbonyl (C=O) groups excluding carboxylic acids is 1. The van der Waals surface area contributed by atoms with Gasteiger partial charge in [0.2, 0.25) is 0 Å². The number of fused-ring (bicyclic) bond motifs is 1. The molecule has 0 bridgehead atoms. The Kier molecular flexibility index (Phi) is 6.92. The average molecular weight is 438 g/mol. The van der Waals surface area contributed by atoms with Crippen LogP contribution in [0.25, 0.3) is 10.9 Å². The minimum absolute atomic E-state index is 0.148. The zero-order valence-corrected chi connectivity index (χ0v) is 18.4. The molecule has 31 heavy (non-hydrogen) atoms. The number of nitrogens with zero attached hydrogens (tertiary/aromatic N) is 1. The van der Waals surface area contributed by atoms with Crippen molar-refractivity contribution >= 4 is 34.2 Å². The summed E-state index contributed by atoms with van der Waals surface area (Å²) in [6.45, 7) is 2.12. The summed E-state index contributed by atoms with van der Waals surface area (Å²) in [5, 5.41) is 7.75. The Bertz CT molecular complexity index is 1010. The maximum Gasteiger partial charge on any atom is 0.319 e. The second-order valence-electron chi connectivity index (χ2n) is 8.10. The van der Waals surface area contributed by atoms with Gasteiger partial charge >= 0.3 is 6.03 Å². The lowest BCUT2D eigenvalue weighted by Gasteiger charge is -2.34. The minimum atomic E-state index is -0.171. The van der Waals surface area contributed by atoms with Gasteiger partial charge in [0.15, 0.2) is 0 Å². The van der Waals surface area contributed by atoms with Crippen molar-refractivity contribution in [3.05, 3.63) is 65.8 Å². The van der Waals surface area contributed by atoms with Crippen molar-refractivity contribution in [2.45, 2.75) is 51.2 Å². The van der Waals surface area contributed by atoms with E-state index >= 15 is 0 Å². The Morgan fingerprint density at radius 3 is 2.58 bits per heavy atom. The van der Waals surface area contributed by atoms with Gasteiger partial charge in [0, 0.05) is 28.3 Å². The number of benzene rings is 2. The molecule has 5 nitrogen and oxygen atoms in total. The van der Waals surface area contributed by atoms with Gasteiger partial charge in [-0.1, -0.05) is 30.7 Å². The third kappa shape index (κ3) is 5.47. The maximum absolute atomic E-state index is 12.5. The number of pyridine rings is 1. The fourth-order valence-corrected chi connectivity index (χ4v) is 4.51. The molecular formula is C25H28ClN3O2. The molecule has 0 aliphatic heterocycles. The molecule has 2 N–H and O–H groups in total. The first-order chi connectivity index (χ1) is 15.1. The van der Waals surface area contributed by atoms with Crippen LogP contribution in [0.2, 0.25) is 5.02 Å². The molecular weight excluding hydrogens is 410 g/mol. The number of carbonyl (C=O) groups is 1. The second-order valence-corrected chi connectivity index (χ2v) is 8.54. The number of nitrogens with one attached hydrogen (secondary N) is 2. The summed E-state index contributed by atoms with van der Waals surface area (Å²) in [4.78, 5) is 16.9. The summed E-state index contributed by atoms with van der Waals surface area (Å²) in [6.07, 6.45) is 6.94. The van der Waals surface area contributed by atoms with Gasteiger partial charge in [0.05, 0.1) is 11.6 Å². The number of hydrogen-bond donors (Lipinski definition) is 2. The largest absolute Gasteiger partial charge is 0.490 e. The third-order valence-corrected chi connectivity index (χ3v) is 6.30. The van der Waals surface area contributed by atoms with E-state index in [2.05, 4.69) is 28.6 Å². The predicted octanol–water partition coefficient (Wildman–Crippen LogP) is 6.43. The van der Waals surface area contributed by atoms with Crippen LogP contribution in [0.1, 0.15) is 39.0 Å². The number of aromatic nitrogens is 1. The van der Waals surface area contributed by atoms with Crippen LogP contribution in [0.5, 0.6) is 5.75 Å². The number of hydrogen-bond acceptors (Lipinski definition) is 3. The molecule has 4 rings (SSSR count). The highest BCUT2D eigenvalue weighted by molar-refractivity contribution is 6.30. The highest BCUT2D eigenvalue weighted by Gasteiger charge is 2.29. The molecule has 0 spiro atoms. The summed E-state index contributed by atoms with van der Waals surface area (Å²) in [6, 6.07) is 17.1. The van der Waals surface area contributed by atoms with E-state index in [0.29, 0.717) is 10.9 Å². The van der Waals surface area contributed by atoms with Crippen molar-refractivity contribution in [3.8, 4) is 5.75 Å². The second kappa shape index (κ2) is 10.0. The Labute approximate surface area is 188 Å². The summed E-state index contributed by atoms with van der Waals surface area (Å²) >= 11 is 5.91. The first-order valence-corrected chi connectivity index (χ1v) is 11.3. The van der Waals surface area contributed by atoms with E-state index in [4.69, 9.17) is 16.3 Å². The van der Waals surface area contributed by atoms with E-state index in [1.54, 1.807) is 30.5 Å². The van der Waals surface area contributed by atoms with Crippen LogP contribution in [-0.2, 0) is 0 Å². The van der Waals surface area contributed by atoms with Crippen molar-refractivity contribution < 1.29 is 9.53 Å². The standard InChI is InChI=1S/C25H28ClN3O2/c1-2-22(29-25(30)28-19-11-9-18(26)10-12-19)17-7-13-20(14-8-17)31-24-15-16-27-23-6-4-3-5-21(23)24/h3-6,9-12,15-17,20,22H,2,7-8,13-14H2,1H3,(H2,28,29,30)/t17-,20-,22?. The SMILES string of the molecule is CCC(NC(=O)Nc1ccc(Cl)cc1)[C@H]1CC[C@H](Oc2ccnc3ccccc23)CC1. The number of halogens is 1. The molecule has 1 saturated carbocycles. The normalized spacial score (nSPS) is 19.5. The Hall–Kier alpha value is -2.79. The molecule has 1 unspecified atom stereocenters. The lowest BCUT2D eigenvalue weighted by Crippen LogP contribution is -2.44. The number of amides is 2. The summed E-state index contributed by atoms with van der Waals surface area (Å²) in [5.74, 6) is 1.36. The molecule has 3 aromatic rings. The van der Waals surface area contributed by atoms with Crippen LogP contribution in [0.3, 0.4) is 0 Å². The molecule has 1 fully saturated rings. The fourth-order valence-electron chi connectivity index (χ4n) is 4.38. The van der Waals surface area contributed by atoms with Crippen LogP contribution in [0, 0.1) is 5.92 Å². The molecule has 1 heterocycles. The van der Waals surface area contributed by atoms with Gasteiger partial charge in [0.25, 0.3) is 0 Å². The van der Waals surface area contributed by atoms with Crippen molar-refractivity contribution in [2.24, 2.45) is 5.92 Å². The van der Waals surface area contributed by atoms with E-state index in [0.717, 1.165) is 54.4 Å². The van der Waals surface area contributed by atoms with Crippen molar-refractivity contribution in [3.63, 3.8) is 0 Å². The van der Waals surface area contributed by atoms with Crippen molar-refractivity contribution in [1.82, 2.24) is 10.3 Å². The summed E-state index contributed by atoms with van der Waals surface area (Å²) in [7, 11) is 0. The molecule has 1 aliphatic carbocycles. The summed E-state index contributed by atoms with van der Waals surface area (Å²) < 4.78 is 6.35. The molecule has 2 amide bonds. The van der Waals surface area contributed by atoms with Crippen LogP contribution < -0.4 is 15.4 Å². The van der Waals surface area contributed by atoms with Gasteiger partial charge in [-0.2, -0.15) is 0 Å². The van der Waals surface area contributed by atoms with Crippen LogP contribution in [-0.4, -0.2) is 23.2 Å². The van der Waals surface area contributed by atoms with Gasteiger partial charge < -0.3 is 15.4 Å². The van der Waals surface area contributed by atoms with E-state index in [-0.39, 0.29) is 18.2 Å². The Morgan fingerprint density at radius 2 is 1.84 bits per heavy atom. The Morgan fingerprint density at radius 1 is 1.10 bits per heavy atom. The van der Waals surface area contributed by atoms with E-state index in [1.165, 1.54) is 0 Å². The first kappa shape index (κ1) is 21.4. The molecule has 1 aliphatic rings. The molecule has 0 saturated heterocycles. The van der Waals surface area contributed by atoms with Crippen LogP contribution in [0.15, 0.2) is 60.8 Å². The van der Waals surface area contributed by atoms with Gasteiger partial charge in [-0.25, -0.2) is 4.79 Å². The maximum atomic E-state index is 12.5. The molecule has 1 aromatic heterocycles. The monoisotopic (exact) mass is 437 g/mol. The van der Waals surface area contributed by atoms with Crippen molar-refractivity contribution in [1.29, 1.82) is 0 Å². The number of anilines is 1. The number of ether oxygens (including phenoxy) is 1. The van der Waals surface area contributed by atoms with Gasteiger partial charge in [-0.3, -0.25) is 4.98 Å². The highest BCUT2D eigenvalue weighted by atomic mass is 35.5. The number of para-hydroxylation sites is 1. The molecule has 1 atom stereocenters. The number of rotatable bonds is 6. The zero-order valence-electron chi connectivity index (χ0n) is 17.7. The number of urea groups is 1. The third-order valence-electron chi connectivity index (χ3n) is 6.05. The highest BCUT2D eigenvalue weighted by Crippen LogP contribution is 2.32. The quantitative estimate of drug-likeness (QED) is 0.467. The van der Waals surface area contributed by atoms with Crippen molar-refractivity contribution in [2.75, 3.05) is 5.32 Å². The molecule has 6 heteroatoms. The van der Waals surface area contributed by atoms with E-state index < -0.39 is 0 Å².